The van der Waals surface area contributed by atoms with Crippen LogP contribution in [0.15, 0.2) is 65.7 Å². The van der Waals surface area contributed by atoms with Crippen LogP contribution in [0.25, 0.3) is 11.3 Å². The molecule has 0 bridgehead atoms. The maximum Gasteiger partial charge on any atom is 0.277 e. The number of ether oxygens (including phenoxy) is 1. The normalized spacial score (nSPS) is 10.6. The van der Waals surface area contributed by atoms with Gasteiger partial charge in [-0.25, -0.2) is 0 Å². The Labute approximate surface area is 164 Å². The first-order valence-electron chi connectivity index (χ1n) is 8.23. The van der Waals surface area contributed by atoms with Crippen molar-refractivity contribution in [2.24, 2.45) is 7.05 Å². The number of hydrogen-bond donors (Lipinski definition) is 1. The van der Waals surface area contributed by atoms with E-state index in [1.807, 2.05) is 0 Å². The molecule has 0 spiro atoms. The van der Waals surface area contributed by atoms with E-state index in [1.165, 1.54) is 10.9 Å². The first kappa shape index (κ1) is 17.7. The fraction of sp³-hybridized carbons (Fsp3) is 0.0526. The van der Waals surface area contributed by atoms with E-state index in [0.717, 1.165) is 0 Å². The summed E-state index contributed by atoms with van der Waals surface area (Å²) in [4.78, 5) is 16.9. The molecule has 3 aromatic heterocycles. The minimum atomic E-state index is -0.440. The second-order valence-corrected chi connectivity index (χ2v) is 6.26. The van der Waals surface area contributed by atoms with E-state index in [4.69, 9.17) is 20.9 Å². The van der Waals surface area contributed by atoms with Crippen molar-refractivity contribution in [3.63, 3.8) is 0 Å². The number of carbonyl (C=O) groups excluding carboxylic acids is 1. The second-order valence-electron chi connectivity index (χ2n) is 5.83. The van der Waals surface area contributed by atoms with Crippen LogP contribution in [0.4, 0.5) is 5.69 Å². The quantitative estimate of drug-likeness (QED) is 0.545. The predicted octanol–water partition coefficient (Wildman–Crippen LogP) is 4.17. The van der Waals surface area contributed by atoms with Gasteiger partial charge in [-0.05, 0) is 30.3 Å². The number of carbonyl (C=O) groups is 1. The minimum absolute atomic E-state index is 0.187. The molecule has 4 rings (SSSR count). The van der Waals surface area contributed by atoms with Gasteiger partial charge in [-0.15, -0.1) is 0 Å². The lowest BCUT2D eigenvalue weighted by atomic mass is 10.2. The van der Waals surface area contributed by atoms with Crippen LogP contribution < -0.4 is 10.1 Å². The van der Waals surface area contributed by atoms with Gasteiger partial charge in [-0.3, -0.25) is 14.5 Å². The van der Waals surface area contributed by atoms with Gasteiger partial charge in [0.1, 0.15) is 5.75 Å². The maximum absolute atomic E-state index is 12.9. The summed E-state index contributed by atoms with van der Waals surface area (Å²) in [5, 5.41) is 11.2. The van der Waals surface area contributed by atoms with Crippen molar-refractivity contribution in [3.8, 4) is 22.8 Å². The summed E-state index contributed by atoms with van der Waals surface area (Å²) < 4.78 is 12.5. The molecule has 0 saturated heterocycles. The Morgan fingerprint density at radius 2 is 2.14 bits per heavy atom. The molecule has 1 aromatic carbocycles. The fourth-order valence-electron chi connectivity index (χ4n) is 2.60. The number of pyridine rings is 1. The Bertz CT molecular complexity index is 1110. The highest BCUT2D eigenvalue weighted by Gasteiger charge is 2.21. The van der Waals surface area contributed by atoms with E-state index in [0.29, 0.717) is 33.5 Å². The van der Waals surface area contributed by atoms with Gasteiger partial charge in [0.05, 0.1) is 23.6 Å². The Kier molecular flexibility index (Phi) is 4.77. The molecule has 0 radical (unpaired) electrons. The molecular formula is C19H14ClN5O3. The lowest BCUT2D eigenvalue weighted by Gasteiger charge is -2.12. The van der Waals surface area contributed by atoms with Crippen molar-refractivity contribution >= 4 is 23.2 Å². The lowest BCUT2D eigenvalue weighted by molar-refractivity contribution is 0.102. The third-order valence-corrected chi connectivity index (χ3v) is 4.03. The van der Waals surface area contributed by atoms with Gasteiger partial charge in [-0.1, -0.05) is 16.8 Å². The van der Waals surface area contributed by atoms with Crippen LogP contribution in [0.1, 0.15) is 10.5 Å². The van der Waals surface area contributed by atoms with Gasteiger partial charge >= 0.3 is 0 Å². The molecule has 1 amide bonds. The predicted molar refractivity (Wildman–Crippen MR) is 102 cm³/mol. The zero-order valence-electron chi connectivity index (χ0n) is 14.7. The Morgan fingerprint density at radius 1 is 1.25 bits per heavy atom. The monoisotopic (exact) mass is 395 g/mol. The number of halogens is 1. The summed E-state index contributed by atoms with van der Waals surface area (Å²) in [6.45, 7) is 0. The summed E-state index contributed by atoms with van der Waals surface area (Å²) in [7, 11) is 1.72. The Hall–Kier alpha value is -3.65. The van der Waals surface area contributed by atoms with Gasteiger partial charge in [0.15, 0.2) is 17.2 Å². The molecule has 8 nitrogen and oxygen atoms in total. The molecule has 1 N–H and O–H groups in total. The average molecular weight is 396 g/mol. The standard InChI is InChI=1S/C19H14ClN5O3/c1-25-11-14(16-6-8-22-28-16)18(24-25)19(26)23-15-9-12(20)4-5-17(15)27-13-3-2-7-21-10-13/h2-11H,1H3,(H,23,26). The van der Waals surface area contributed by atoms with E-state index in [-0.39, 0.29) is 5.69 Å². The third-order valence-electron chi connectivity index (χ3n) is 3.80. The molecule has 0 atom stereocenters. The van der Waals surface area contributed by atoms with Crippen LogP contribution in [-0.2, 0) is 7.05 Å². The number of nitrogens with zero attached hydrogens (tertiary/aromatic N) is 4. The van der Waals surface area contributed by atoms with Crippen molar-refractivity contribution < 1.29 is 14.1 Å². The number of rotatable bonds is 5. The fourth-order valence-corrected chi connectivity index (χ4v) is 2.77. The molecule has 0 aliphatic carbocycles. The zero-order valence-corrected chi connectivity index (χ0v) is 15.4. The van der Waals surface area contributed by atoms with E-state index in [2.05, 4.69) is 20.6 Å². The molecule has 0 aliphatic rings. The highest BCUT2D eigenvalue weighted by Crippen LogP contribution is 2.32. The number of aromatic nitrogens is 4. The zero-order chi connectivity index (χ0) is 19.5. The molecule has 9 heteroatoms. The summed E-state index contributed by atoms with van der Waals surface area (Å²) >= 11 is 6.10. The molecular weight excluding hydrogens is 382 g/mol. The van der Waals surface area contributed by atoms with Crippen LogP contribution in [0.3, 0.4) is 0 Å². The number of anilines is 1. The number of benzene rings is 1. The second kappa shape index (κ2) is 7.53. The summed E-state index contributed by atoms with van der Waals surface area (Å²) in [5.74, 6) is 0.949. The number of amides is 1. The summed E-state index contributed by atoms with van der Waals surface area (Å²) in [6, 6.07) is 10.1. The average Bonchev–Trinajstić information content (AvgIpc) is 3.34. The largest absolute Gasteiger partial charge is 0.454 e. The van der Waals surface area contributed by atoms with Crippen molar-refractivity contribution in [1.29, 1.82) is 0 Å². The molecule has 140 valence electrons. The molecule has 4 aromatic rings. The van der Waals surface area contributed by atoms with E-state index in [9.17, 15) is 4.79 Å². The van der Waals surface area contributed by atoms with Gasteiger partial charge in [-0.2, -0.15) is 5.10 Å². The number of hydrogen-bond acceptors (Lipinski definition) is 6. The number of nitrogens with one attached hydrogen (secondary N) is 1. The van der Waals surface area contributed by atoms with Crippen molar-refractivity contribution in [2.75, 3.05) is 5.32 Å². The maximum atomic E-state index is 12.9. The summed E-state index contributed by atoms with van der Waals surface area (Å²) in [6.07, 6.45) is 6.39. The molecule has 0 aliphatic heterocycles. The van der Waals surface area contributed by atoms with Crippen molar-refractivity contribution in [3.05, 3.63) is 71.9 Å². The van der Waals surface area contributed by atoms with E-state index < -0.39 is 5.91 Å². The van der Waals surface area contributed by atoms with Gasteiger partial charge in [0.25, 0.3) is 5.91 Å². The van der Waals surface area contributed by atoms with E-state index >= 15 is 0 Å². The smallest absolute Gasteiger partial charge is 0.277 e. The van der Waals surface area contributed by atoms with Crippen LogP contribution in [0.2, 0.25) is 5.02 Å². The molecule has 0 fully saturated rings. The highest BCUT2D eigenvalue weighted by atomic mass is 35.5. The van der Waals surface area contributed by atoms with Gasteiger partial charge < -0.3 is 14.6 Å². The number of aryl methyl sites for hydroxylation is 1. The SMILES string of the molecule is Cn1cc(-c2ccno2)c(C(=O)Nc2cc(Cl)ccc2Oc2cccnc2)n1. The van der Waals surface area contributed by atoms with Gasteiger partial charge in [0, 0.05) is 30.5 Å². The molecule has 0 saturated carbocycles. The first-order valence-corrected chi connectivity index (χ1v) is 8.61. The van der Waals surface area contributed by atoms with Crippen LogP contribution >= 0.6 is 11.6 Å². The van der Waals surface area contributed by atoms with E-state index in [1.54, 1.807) is 62.0 Å². The summed E-state index contributed by atoms with van der Waals surface area (Å²) in [5.41, 5.74) is 1.11. The lowest BCUT2D eigenvalue weighted by Crippen LogP contribution is -2.14. The highest BCUT2D eigenvalue weighted by molar-refractivity contribution is 6.31. The van der Waals surface area contributed by atoms with Crippen LogP contribution in [0, 0.1) is 0 Å². The topological polar surface area (TPSA) is 95.1 Å². The van der Waals surface area contributed by atoms with Crippen molar-refractivity contribution in [1.82, 2.24) is 19.9 Å². The third kappa shape index (κ3) is 3.72. The molecule has 3 heterocycles. The molecule has 28 heavy (non-hydrogen) atoms. The van der Waals surface area contributed by atoms with Crippen LogP contribution in [-0.4, -0.2) is 25.8 Å². The minimum Gasteiger partial charge on any atom is -0.454 e. The van der Waals surface area contributed by atoms with Crippen molar-refractivity contribution in [2.45, 2.75) is 0 Å². The Balaban J connectivity index is 1.65. The van der Waals surface area contributed by atoms with Crippen LogP contribution in [0.5, 0.6) is 11.5 Å². The van der Waals surface area contributed by atoms with Gasteiger partial charge in [0.2, 0.25) is 0 Å². The Morgan fingerprint density at radius 3 is 2.89 bits per heavy atom. The molecule has 0 unspecified atom stereocenters. The first-order chi connectivity index (χ1) is 13.6.